The molecule has 6 heteroatoms. The quantitative estimate of drug-likeness (QED) is 0.919. The van der Waals surface area contributed by atoms with Gasteiger partial charge in [-0.15, -0.1) is 0 Å². The molecule has 1 N–H and O–H groups in total. The highest BCUT2D eigenvalue weighted by atomic mass is 16.7. The number of rotatable bonds is 2. The molecule has 0 spiro atoms. The summed E-state index contributed by atoms with van der Waals surface area (Å²) in [7, 11) is 0. The number of hydrogen-bond donors (Lipinski definition) is 1. The first-order chi connectivity index (χ1) is 9.88. The Kier molecular flexibility index (Phi) is 2.90. The second-order valence-electron chi connectivity index (χ2n) is 5.91. The van der Waals surface area contributed by atoms with Crippen LogP contribution >= 0.6 is 0 Å². The first-order valence-electron chi connectivity index (χ1n) is 6.60. The SMILES string of the molecule is CC(C)(C)c1c(C(=O)O)cnn1-c1ccc2c(c1)OCO2. The van der Waals surface area contributed by atoms with Crippen LogP contribution in [0.5, 0.6) is 11.5 Å². The molecule has 1 aliphatic heterocycles. The first kappa shape index (κ1) is 13.5. The first-order valence-corrected chi connectivity index (χ1v) is 6.60. The number of ether oxygens (including phenoxy) is 2. The summed E-state index contributed by atoms with van der Waals surface area (Å²) in [4.78, 5) is 11.4. The number of aromatic carboxylic acids is 1. The van der Waals surface area contributed by atoms with Crippen LogP contribution in [0.1, 0.15) is 36.8 Å². The molecule has 1 aromatic heterocycles. The van der Waals surface area contributed by atoms with Crippen molar-refractivity contribution in [1.82, 2.24) is 9.78 Å². The fourth-order valence-electron chi connectivity index (χ4n) is 2.44. The predicted octanol–water partition coefficient (Wildman–Crippen LogP) is 2.60. The van der Waals surface area contributed by atoms with Crippen LogP contribution in [0.3, 0.4) is 0 Å². The molecule has 0 saturated carbocycles. The highest BCUT2D eigenvalue weighted by molar-refractivity contribution is 5.89. The van der Waals surface area contributed by atoms with Crippen LogP contribution in [-0.4, -0.2) is 27.6 Å². The molecule has 0 aliphatic carbocycles. The van der Waals surface area contributed by atoms with Crippen molar-refractivity contribution in [3.8, 4) is 17.2 Å². The minimum atomic E-state index is -0.980. The summed E-state index contributed by atoms with van der Waals surface area (Å²) in [5.74, 6) is 0.341. The lowest BCUT2D eigenvalue weighted by molar-refractivity contribution is 0.0694. The third-order valence-electron chi connectivity index (χ3n) is 3.31. The second kappa shape index (κ2) is 4.51. The zero-order valence-electron chi connectivity index (χ0n) is 12.1. The summed E-state index contributed by atoms with van der Waals surface area (Å²) >= 11 is 0. The van der Waals surface area contributed by atoms with Crippen molar-refractivity contribution in [2.45, 2.75) is 26.2 Å². The van der Waals surface area contributed by atoms with Crippen LogP contribution in [0.2, 0.25) is 0 Å². The molecule has 3 rings (SSSR count). The predicted molar refractivity (Wildman–Crippen MR) is 75.3 cm³/mol. The Balaban J connectivity index is 2.17. The fraction of sp³-hybridized carbons (Fsp3) is 0.333. The Hall–Kier alpha value is -2.50. The van der Waals surface area contributed by atoms with Crippen molar-refractivity contribution in [2.75, 3.05) is 6.79 Å². The third-order valence-corrected chi connectivity index (χ3v) is 3.31. The Labute approximate surface area is 121 Å². The maximum Gasteiger partial charge on any atom is 0.339 e. The van der Waals surface area contributed by atoms with Gasteiger partial charge in [-0.25, -0.2) is 9.48 Å². The number of benzene rings is 1. The highest BCUT2D eigenvalue weighted by Crippen LogP contribution is 2.35. The summed E-state index contributed by atoms with van der Waals surface area (Å²) in [6.07, 6.45) is 1.38. The van der Waals surface area contributed by atoms with Crippen LogP contribution in [-0.2, 0) is 5.41 Å². The molecule has 110 valence electrons. The zero-order valence-corrected chi connectivity index (χ0v) is 12.1. The Morgan fingerprint density at radius 2 is 2.00 bits per heavy atom. The topological polar surface area (TPSA) is 73.6 Å². The molecule has 0 amide bonds. The van der Waals surface area contributed by atoms with E-state index >= 15 is 0 Å². The molecular formula is C15H16N2O4. The number of aromatic nitrogens is 2. The molecule has 0 atom stereocenters. The smallest absolute Gasteiger partial charge is 0.339 e. The van der Waals surface area contributed by atoms with Gasteiger partial charge in [0.15, 0.2) is 11.5 Å². The molecule has 21 heavy (non-hydrogen) atoms. The Bertz CT molecular complexity index is 713. The molecule has 0 fully saturated rings. The molecule has 0 bridgehead atoms. The van der Waals surface area contributed by atoms with E-state index in [2.05, 4.69) is 5.10 Å². The highest BCUT2D eigenvalue weighted by Gasteiger charge is 2.28. The maximum atomic E-state index is 11.4. The molecule has 0 radical (unpaired) electrons. The van der Waals surface area contributed by atoms with Gasteiger partial charge in [-0.1, -0.05) is 20.8 Å². The number of hydrogen-bond acceptors (Lipinski definition) is 4. The van der Waals surface area contributed by atoms with E-state index in [4.69, 9.17) is 9.47 Å². The lowest BCUT2D eigenvalue weighted by Gasteiger charge is -2.21. The van der Waals surface area contributed by atoms with Crippen LogP contribution in [0.15, 0.2) is 24.4 Å². The normalized spacial score (nSPS) is 13.5. The van der Waals surface area contributed by atoms with E-state index < -0.39 is 5.97 Å². The summed E-state index contributed by atoms with van der Waals surface area (Å²) < 4.78 is 12.3. The van der Waals surface area contributed by atoms with Gasteiger partial charge in [0.1, 0.15) is 5.56 Å². The molecular weight excluding hydrogens is 272 g/mol. The summed E-state index contributed by atoms with van der Waals surface area (Å²) in [5, 5.41) is 13.6. The minimum absolute atomic E-state index is 0.199. The van der Waals surface area contributed by atoms with Gasteiger partial charge in [-0.05, 0) is 12.1 Å². The number of carbonyl (C=O) groups is 1. The van der Waals surface area contributed by atoms with E-state index in [0.29, 0.717) is 17.2 Å². The summed E-state index contributed by atoms with van der Waals surface area (Å²) in [5.41, 5.74) is 1.24. The number of fused-ring (bicyclic) bond motifs is 1. The van der Waals surface area contributed by atoms with Gasteiger partial charge < -0.3 is 14.6 Å². The average Bonchev–Trinajstić information content (AvgIpc) is 3.03. The summed E-state index contributed by atoms with van der Waals surface area (Å²) in [6.45, 7) is 6.07. The Morgan fingerprint density at radius 3 is 2.67 bits per heavy atom. The van der Waals surface area contributed by atoms with E-state index in [1.54, 1.807) is 16.8 Å². The van der Waals surface area contributed by atoms with Gasteiger partial charge in [0.2, 0.25) is 6.79 Å². The van der Waals surface area contributed by atoms with Gasteiger partial charge in [-0.3, -0.25) is 0 Å². The van der Waals surface area contributed by atoms with Crippen LogP contribution in [0, 0.1) is 0 Å². The zero-order chi connectivity index (χ0) is 15.2. The van der Waals surface area contributed by atoms with Gasteiger partial charge in [0, 0.05) is 11.5 Å². The number of nitrogens with zero attached hydrogens (tertiary/aromatic N) is 2. The Morgan fingerprint density at radius 1 is 1.29 bits per heavy atom. The largest absolute Gasteiger partial charge is 0.478 e. The van der Waals surface area contributed by atoms with Gasteiger partial charge >= 0.3 is 5.97 Å². The van der Waals surface area contributed by atoms with Gasteiger partial charge in [0.05, 0.1) is 17.6 Å². The summed E-state index contributed by atoms with van der Waals surface area (Å²) in [6, 6.07) is 5.43. The number of carboxylic acids is 1. The molecule has 2 aromatic rings. The van der Waals surface area contributed by atoms with Crippen LogP contribution in [0.25, 0.3) is 5.69 Å². The van der Waals surface area contributed by atoms with E-state index in [1.165, 1.54) is 6.20 Å². The van der Waals surface area contributed by atoms with Crippen molar-refractivity contribution in [2.24, 2.45) is 0 Å². The van der Waals surface area contributed by atoms with Crippen molar-refractivity contribution < 1.29 is 19.4 Å². The van der Waals surface area contributed by atoms with Gasteiger partial charge in [0.25, 0.3) is 0 Å². The van der Waals surface area contributed by atoms with Crippen molar-refractivity contribution in [3.05, 3.63) is 35.7 Å². The minimum Gasteiger partial charge on any atom is -0.478 e. The molecule has 1 aliphatic rings. The molecule has 1 aromatic carbocycles. The second-order valence-corrected chi connectivity index (χ2v) is 5.91. The fourth-order valence-corrected chi connectivity index (χ4v) is 2.44. The van der Waals surface area contributed by atoms with Crippen LogP contribution in [0.4, 0.5) is 0 Å². The lowest BCUT2D eigenvalue weighted by Crippen LogP contribution is -2.21. The lowest BCUT2D eigenvalue weighted by atomic mass is 9.89. The van der Waals surface area contributed by atoms with Crippen molar-refractivity contribution in [1.29, 1.82) is 0 Å². The molecule has 6 nitrogen and oxygen atoms in total. The van der Waals surface area contributed by atoms with Crippen molar-refractivity contribution in [3.63, 3.8) is 0 Å². The molecule has 0 unspecified atom stereocenters. The average molecular weight is 288 g/mol. The van der Waals surface area contributed by atoms with E-state index in [1.807, 2.05) is 26.8 Å². The molecule has 2 heterocycles. The third kappa shape index (κ3) is 2.22. The maximum absolute atomic E-state index is 11.4. The standard InChI is InChI=1S/C15H16N2O4/c1-15(2,3)13-10(14(18)19)7-16-17(13)9-4-5-11-12(6-9)21-8-20-11/h4-7H,8H2,1-3H3,(H,18,19). The van der Waals surface area contributed by atoms with Gasteiger partial charge in [-0.2, -0.15) is 5.10 Å². The van der Waals surface area contributed by atoms with E-state index in [-0.39, 0.29) is 17.8 Å². The molecule has 0 saturated heterocycles. The number of carboxylic acid groups (broad SMARTS) is 1. The van der Waals surface area contributed by atoms with E-state index in [0.717, 1.165) is 5.69 Å². The van der Waals surface area contributed by atoms with Crippen molar-refractivity contribution >= 4 is 5.97 Å². The van der Waals surface area contributed by atoms with Crippen LogP contribution < -0.4 is 9.47 Å². The van der Waals surface area contributed by atoms with E-state index in [9.17, 15) is 9.90 Å². The monoisotopic (exact) mass is 288 g/mol.